The molecule has 1 aliphatic carbocycles. The molecule has 0 N–H and O–H groups in total. The van der Waals surface area contributed by atoms with Crippen LogP contribution < -0.4 is 4.74 Å². The Hall–Kier alpha value is -2.04. The molecule has 1 aromatic carbocycles. The van der Waals surface area contributed by atoms with Gasteiger partial charge in [-0.25, -0.2) is 4.39 Å². The van der Waals surface area contributed by atoms with Crippen LogP contribution in [0.25, 0.3) is 11.3 Å². The Bertz CT molecular complexity index is 817. The molecule has 0 saturated heterocycles. The van der Waals surface area contributed by atoms with E-state index in [9.17, 15) is 8.78 Å². The van der Waals surface area contributed by atoms with Gasteiger partial charge in [0.25, 0.3) is 0 Å². The number of nitrogens with zero attached hydrogens (tertiary/aromatic N) is 2. The Morgan fingerprint density at radius 1 is 0.812 bits per heavy atom. The number of aryl methyl sites for hydroxylation is 1. The zero-order chi connectivity index (χ0) is 22.8. The van der Waals surface area contributed by atoms with Crippen molar-refractivity contribution in [3.05, 3.63) is 41.6 Å². The van der Waals surface area contributed by atoms with E-state index in [0.717, 1.165) is 36.8 Å². The molecular weight excluding hydrogens is 406 g/mol. The summed E-state index contributed by atoms with van der Waals surface area (Å²) in [6, 6.07) is 6.59. The summed E-state index contributed by atoms with van der Waals surface area (Å²) in [5.41, 5.74) is 1.37. The molecule has 0 atom stereocenters. The van der Waals surface area contributed by atoms with Crippen molar-refractivity contribution in [3.8, 4) is 17.0 Å². The number of ether oxygens (including phenoxy) is 1. The fourth-order valence-corrected chi connectivity index (χ4v) is 4.71. The highest BCUT2D eigenvalue weighted by Gasteiger charge is 2.21. The van der Waals surface area contributed by atoms with Crippen molar-refractivity contribution in [2.24, 2.45) is 11.8 Å². The molecule has 32 heavy (non-hydrogen) atoms. The van der Waals surface area contributed by atoms with E-state index >= 15 is 0 Å². The average molecular weight is 445 g/mol. The van der Waals surface area contributed by atoms with Gasteiger partial charge >= 0.3 is 0 Å². The van der Waals surface area contributed by atoms with Gasteiger partial charge in [-0.3, -0.25) is 0 Å². The van der Waals surface area contributed by atoms with E-state index in [-0.39, 0.29) is 11.3 Å². The molecular formula is C27H38F2N2O. The molecule has 0 amide bonds. The Labute approximate surface area is 192 Å². The van der Waals surface area contributed by atoms with E-state index in [1.165, 1.54) is 69.9 Å². The number of benzene rings is 1. The number of aromatic nitrogens is 2. The monoisotopic (exact) mass is 444 g/mol. The summed E-state index contributed by atoms with van der Waals surface area (Å²) in [5.74, 6) is -0.273. The molecule has 5 heteroatoms. The molecule has 1 aromatic heterocycles. The smallest absolute Gasteiger partial charge is 0.201 e. The van der Waals surface area contributed by atoms with Crippen molar-refractivity contribution in [2.75, 3.05) is 6.61 Å². The molecule has 1 saturated carbocycles. The third-order valence-electron chi connectivity index (χ3n) is 6.75. The van der Waals surface area contributed by atoms with Gasteiger partial charge in [-0.2, -0.15) is 14.6 Å². The standard InChI is InChI=1S/C27H38F2N2O/c1-3-5-6-7-8-20-9-11-21(12-10-20)13-14-22-15-17-24(31-30-22)23-16-18-25(32-19-4-2)27(29)26(23)28/h15-18,20-21H,3-14,19H2,1-2H3. The quantitative estimate of drug-likeness (QED) is 0.312. The second-order valence-corrected chi connectivity index (χ2v) is 9.27. The topological polar surface area (TPSA) is 35.0 Å². The first-order valence-corrected chi connectivity index (χ1v) is 12.6. The van der Waals surface area contributed by atoms with Crippen LogP contribution in [0.3, 0.4) is 0 Å². The Morgan fingerprint density at radius 3 is 2.22 bits per heavy atom. The summed E-state index contributed by atoms with van der Waals surface area (Å²) in [5, 5.41) is 8.45. The lowest BCUT2D eigenvalue weighted by Gasteiger charge is -2.28. The minimum Gasteiger partial charge on any atom is -0.490 e. The van der Waals surface area contributed by atoms with Crippen molar-refractivity contribution in [2.45, 2.75) is 90.9 Å². The lowest BCUT2D eigenvalue weighted by Crippen LogP contribution is -2.15. The largest absolute Gasteiger partial charge is 0.490 e. The van der Waals surface area contributed by atoms with E-state index in [2.05, 4.69) is 17.1 Å². The second kappa shape index (κ2) is 12.9. The van der Waals surface area contributed by atoms with Gasteiger partial charge in [0, 0.05) is 5.56 Å². The summed E-state index contributed by atoms with van der Waals surface area (Å²) >= 11 is 0. The highest BCUT2D eigenvalue weighted by Crippen LogP contribution is 2.34. The van der Waals surface area contributed by atoms with Crippen LogP contribution in [-0.2, 0) is 6.42 Å². The highest BCUT2D eigenvalue weighted by molar-refractivity contribution is 5.61. The molecule has 3 rings (SSSR count). The lowest BCUT2D eigenvalue weighted by atomic mass is 9.78. The van der Waals surface area contributed by atoms with Crippen molar-refractivity contribution in [1.82, 2.24) is 10.2 Å². The van der Waals surface area contributed by atoms with Crippen molar-refractivity contribution in [1.29, 1.82) is 0 Å². The van der Waals surface area contributed by atoms with Crippen LogP contribution in [0.1, 0.15) is 90.2 Å². The normalized spacial score (nSPS) is 18.6. The maximum absolute atomic E-state index is 14.5. The summed E-state index contributed by atoms with van der Waals surface area (Å²) in [7, 11) is 0. The Kier molecular flexibility index (Phi) is 9.89. The van der Waals surface area contributed by atoms with Gasteiger partial charge in [0.05, 0.1) is 18.0 Å². The predicted molar refractivity (Wildman–Crippen MR) is 126 cm³/mol. The number of rotatable bonds is 12. The summed E-state index contributed by atoms with van der Waals surface area (Å²) < 4.78 is 34.0. The number of unbranched alkanes of at least 4 members (excludes halogenated alkanes) is 3. The van der Waals surface area contributed by atoms with Gasteiger partial charge in [0.2, 0.25) is 5.82 Å². The highest BCUT2D eigenvalue weighted by atomic mass is 19.2. The van der Waals surface area contributed by atoms with Crippen molar-refractivity contribution < 1.29 is 13.5 Å². The minimum absolute atomic E-state index is 0.0617. The SMILES string of the molecule is CCCCCCC1CCC(CCc2ccc(-c3ccc(OCCC)c(F)c3F)nn2)CC1. The summed E-state index contributed by atoms with van der Waals surface area (Å²) in [6.45, 7) is 4.54. The fraction of sp³-hybridized carbons (Fsp3) is 0.630. The first-order chi connectivity index (χ1) is 15.6. The lowest BCUT2D eigenvalue weighted by molar-refractivity contribution is 0.248. The molecule has 0 radical (unpaired) electrons. The second-order valence-electron chi connectivity index (χ2n) is 9.27. The molecule has 176 valence electrons. The van der Waals surface area contributed by atoms with E-state index < -0.39 is 11.6 Å². The Balaban J connectivity index is 1.47. The maximum Gasteiger partial charge on any atom is 0.201 e. The number of hydrogen-bond donors (Lipinski definition) is 0. The van der Waals surface area contributed by atoms with E-state index in [0.29, 0.717) is 12.3 Å². The van der Waals surface area contributed by atoms with Gasteiger partial charge in [0.1, 0.15) is 0 Å². The van der Waals surface area contributed by atoms with Crippen LogP contribution in [0.2, 0.25) is 0 Å². The van der Waals surface area contributed by atoms with Crippen LogP contribution >= 0.6 is 0 Å². The summed E-state index contributed by atoms with van der Waals surface area (Å²) in [4.78, 5) is 0. The first kappa shape index (κ1) is 24.6. The van der Waals surface area contributed by atoms with Gasteiger partial charge < -0.3 is 4.74 Å². The van der Waals surface area contributed by atoms with Crippen LogP contribution in [0.15, 0.2) is 24.3 Å². The van der Waals surface area contributed by atoms with Crippen LogP contribution in [0, 0.1) is 23.5 Å². The minimum atomic E-state index is -0.970. The van der Waals surface area contributed by atoms with Crippen LogP contribution in [0.4, 0.5) is 8.78 Å². The molecule has 1 heterocycles. The number of halogens is 2. The van der Waals surface area contributed by atoms with E-state index in [4.69, 9.17) is 4.74 Å². The van der Waals surface area contributed by atoms with Gasteiger partial charge in [0.15, 0.2) is 11.6 Å². The molecule has 0 aliphatic heterocycles. The van der Waals surface area contributed by atoms with Crippen molar-refractivity contribution >= 4 is 0 Å². The van der Waals surface area contributed by atoms with E-state index in [1.54, 1.807) is 6.07 Å². The molecule has 2 aromatic rings. The molecule has 0 bridgehead atoms. The Morgan fingerprint density at radius 2 is 1.56 bits per heavy atom. The zero-order valence-electron chi connectivity index (χ0n) is 19.7. The molecule has 0 spiro atoms. The molecule has 1 fully saturated rings. The summed E-state index contributed by atoms with van der Waals surface area (Å²) in [6.07, 6.45) is 15.0. The van der Waals surface area contributed by atoms with Crippen molar-refractivity contribution in [3.63, 3.8) is 0 Å². The van der Waals surface area contributed by atoms with Gasteiger partial charge in [-0.15, -0.1) is 0 Å². The maximum atomic E-state index is 14.5. The van der Waals surface area contributed by atoms with Gasteiger partial charge in [-0.1, -0.05) is 71.6 Å². The third kappa shape index (κ3) is 6.98. The fourth-order valence-electron chi connectivity index (χ4n) is 4.71. The average Bonchev–Trinajstić information content (AvgIpc) is 2.83. The van der Waals surface area contributed by atoms with E-state index in [1.807, 2.05) is 13.0 Å². The number of hydrogen-bond acceptors (Lipinski definition) is 3. The predicted octanol–water partition coefficient (Wildman–Crippen LogP) is 7.92. The van der Waals surface area contributed by atoms with Gasteiger partial charge in [-0.05, 0) is 55.4 Å². The van der Waals surface area contributed by atoms with Crippen LogP contribution in [0.5, 0.6) is 5.75 Å². The first-order valence-electron chi connectivity index (χ1n) is 12.6. The zero-order valence-corrected chi connectivity index (χ0v) is 19.7. The van der Waals surface area contributed by atoms with Crippen LogP contribution in [-0.4, -0.2) is 16.8 Å². The molecule has 0 unspecified atom stereocenters. The molecule has 3 nitrogen and oxygen atoms in total. The molecule has 1 aliphatic rings. The third-order valence-corrected chi connectivity index (χ3v) is 6.75.